The number of carbonyl (C=O) groups is 2. The van der Waals surface area contributed by atoms with E-state index in [0.717, 1.165) is 4.31 Å². The maximum Gasteiger partial charge on any atom is 0.264 e. The number of nitrogens with zero attached hydrogens (tertiary/aromatic N) is 2. The second kappa shape index (κ2) is 14.7. The third kappa shape index (κ3) is 9.01. The van der Waals surface area contributed by atoms with Crippen molar-refractivity contribution in [1.29, 1.82) is 0 Å². The summed E-state index contributed by atoms with van der Waals surface area (Å²) in [6, 6.07) is 16.0. The van der Waals surface area contributed by atoms with Gasteiger partial charge in [-0.2, -0.15) is 0 Å². The fourth-order valence-corrected chi connectivity index (χ4v) is 6.42. The number of benzene rings is 3. The zero-order chi connectivity index (χ0) is 31.9. The van der Waals surface area contributed by atoms with Crippen molar-refractivity contribution in [2.24, 2.45) is 0 Å². The first-order valence-corrected chi connectivity index (χ1v) is 16.3. The third-order valence-corrected chi connectivity index (χ3v) is 9.14. The lowest BCUT2D eigenvalue weighted by molar-refractivity contribution is -0.141. The Morgan fingerprint density at radius 3 is 2.00 bits per heavy atom. The quantitative estimate of drug-likeness (QED) is 0.225. The molecule has 0 aliphatic carbocycles. The second-order valence-corrected chi connectivity index (χ2v) is 13.9. The molecule has 1 atom stereocenters. The molecule has 3 rings (SSSR count). The number of amides is 2. The number of nitrogens with one attached hydrogen (secondary N) is 1. The number of hydrogen-bond acceptors (Lipinski definition) is 5. The Kier molecular flexibility index (Phi) is 11.8. The van der Waals surface area contributed by atoms with Crippen LogP contribution in [0.4, 0.5) is 5.69 Å². The van der Waals surface area contributed by atoms with Crippen molar-refractivity contribution in [1.82, 2.24) is 10.2 Å². The molecule has 43 heavy (non-hydrogen) atoms. The molecule has 1 N–H and O–H groups in total. The summed E-state index contributed by atoms with van der Waals surface area (Å²) in [5.41, 5.74) is 0.0945. The Hall–Kier alpha value is -2.98. The standard InChI is InChI=1S/C31H36Cl3N3O5S/c1-6-28(30(39)35-31(3,4)5)36(19-25-26(33)9-8-10-27(25)34)29(38)20-37(22-13-15-23(16-14-22)42-7-2)43(40,41)24-17-11-21(32)12-18-24/h8-18,28H,6-7,19-20H2,1-5H3,(H,35,39). The smallest absolute Gasteiger partial charge is 0.264 e. The van der Waals surface area contributed by atoms with Crippen molar-refractivity contribution >= 4 is 62.3 Å². The van der Waals surface area contributed by atoms with Gasteiger partial charge in [0.25, 0.3) is 10.0 Å². The predicted molar refractivity (Wildman–Crippen MR) is 173 cm³/mol. The van der Waals surface area contributed by atoms with E-state index in [4.69, 9.17) is 39.5 Å². The fraction of sp³-hybridized carbons (Fsp3) is 0.355. The lowest BCUT2D eigenvalue weighted by Crippen LogP contribution is -2.55. The molecule has 8 nitrogen and oxygen atoms in total. The average molecular weight is 669 g/mol. The van der Waals surface area contributed by atoms with E-state index in [1.807, 2.05) is 27.7 Å². The first kappa shape index (κ1) is 34.5. The molecular weight excluding hydrogens is 633 g/mol. The van der Waals surface area contributed by atoms with Crippen molar-refractivity contribution in [3.8, 4) is 5.75 Å². The molecule has 0 aromatic heterocycles. The van der Waals surface area contributed by atoms with Crippen molar-refractivity contribution in [2.45, 2.75) is 64.1 Å². The zero-order valence-corrected chi connectivity index (χ0v) is 27.8. The Morgan fingerprint density at radius 1 is 0.907 bits per heavy atom. The molecule has 0 aliphatic rings. The summed E-state index contributed by atoms with van der Waals surface area (Å²) in [5.74, 6) is -0.473. The molecule has 0 radical (unpaired) electrons. The third-order valence-electron chi connectivity index (χ3n) is 6.39. The van der Waals surface area contributed by atoms with Crippen LogP contribution in [-0.4, -0.2) is 49.9 Å². The van der Waals surface area contributed by atoms with Gasteiger partial charge in [0.05, 0.1) is 17.2 Å². The summed E-state index contributed by atoms with van der Waals surface area (Å²) in [6.07, 6.45) is 0.253. The van der Waals surface area contributed by atoms with Crippen molar-refractivity contribution < 1.29 is 22.7 Å². The van der Waals surface area contributed by atoms with Crippen molar-refractivity contribution in [3.05, 3.63) is 87.4 Å². The molecule has 0 heterocycles. The summed E-state index contributed by atoms with van der Waals surface area (Å²) in [4.78, 5) is 29.0. The number of sulfonamides is 1. The fourth-order valence-electron chi connectivity index (χ4n) is 4.36. The van der Waals surface area contributed by atoms with Crippen LogP contribution in [0.15, 0.2) is 71.6 Å². The van der Waals surface area contributed by atoms with Gasteiger partial charge in [-0.15, -0.1) is 0 Å². The minimum atomic E-state index is -4.26. The molecule has 0 spiro atoms. The monoisotopic (exact) mass is 667 g/mol. The number of hydrogen-bond donors (Lipinski definition) is 1. The first-order valence-electron chi connectivity index (χ1n) is 13.7. The molecule has 1 unspecified atom stereocenters. The molecule has 2 amide bonds. The summed E-state index contributed by atoms with van der Waals surface area (Å²) in [7, 11) is -4.26. The second-order valence-electron chi connectivity index (χ2n) is 10.8. The SMILES string of the molecule is CCOc1ccc(N(CC(=O)N(Cc2c(Cl)cccc2Cl)C(CC)C(=O)NC(C)(C)C)S(=O)(=O)c2ccc(Cl)cc2)cc1. The van der Waals surface area contributed by atoms with E-state index in [0.29, 0.717) is 33.0 Å². The minimum absolute atomic E-state index is 0.0585. The average Bonchev–Trinajstić information content (AvgIpc) is 2.93. The van der Waals surface area contributed by atoms with Crippen molar-refractivity contribution in [2.75, 3.05) is 17.5 Å². The Balaban J connectivity index is 2.11. The van der Waals surface area contributed by atoms with Crippen molar-refractivity contribution in [3.63, 3.8) is 0 Å². The van der Waals surface area contributed by atoms with Crippen LogP contribution in [0.5, 0.6) is 5.75 Å². The van der Waals surface area contributed by atoms with Gasteiger partial charge in [0.1, 0.15) is 18.3 Å². The summed E-state index contributed by atoms with van der Waals surface area (Å²) < 4.78 is 34.5. The van der Waals surface area contributed by atoms with E-state index in [9.17, 15) is 18.0 Å². The maximum absolute atomic E-state index is 14.2. The van der Waals surface area contributed by atoms with E-state index in [2.05, 4.69) is 5.32 Å². The number of anilines is 1. The van der Waals surface area contributed by atoms with Crippen LogP contribution in [-0.2, 0) is 26.2 Å². The lowest BCUT2D eigenvalue weighted by Gasteiger charge is -2.35. The van der Waals surface area contributed by atoms with E-state index in [-0.39, 0.29) is 29.5 Å². The lowest BCUT2D eigenvalue weighted by atomic mass is 10.1. The summed E-state index contributed by atoms with van der Waals surface area (Å²) >= 11 is 19.0. The van der Waals surface area contributed by atoms with Crippen LogP contribution in [0.2, 0.25) is 15.1 Å². The van der Waals surface area contributed by atoms with Crippen LogP contribution < -0.4 is 14.4 Å². The van der Waals surface area contributed by atoms with Gasteiger partial charge in [-0.05, 0) is 94.8 Å². The summed E-state index contributed by atoms with van der Waals surface area (Å²) in [6.45, 7) is 8.81. The largest absolute Gasteiger partial charge is 0.494 e. The highest BCUT2D eigenvalue weighted by Gasteiger charge is 2.35. The van der Waals surface area contributed by atoms with E-state index < -0.39 is 34.1 Å². The molecule has 0 fully saturated rings. The van der Waals surface area contributed by atoms with Gasteiger partial charge < -0.3 is 15.0 Å². The van der Waals surface area contributed by atoms with E-state index in [1.165, 1.54) is 29.2 Å². The summed E-state index contributed by atoms with van der Waals surface area (Å²) in [5, 5.41) is 3.92. The molecule has 3 aromatic rings. The van der Waals surface area contributed by atoms with Gasteiger partial charge in [-0.1, -0.05) is 47.8 Å². The van der Waals surface area contributed by atoms with E-state index in [1.54, 1.807) is 49.4 Å². The highest BCUT2D eigenvalue weighted by Crippen LogP contribution is 2.30. The molecule has 12 heteroatoms. The zero-order valence-electron chi connectivity index (χ0n) is 24.7. The minimum Gasteiger partial charge on any atom is -0.494 e. The van der Waals surface area contributed by atoms with Gasteiger partial charge in [0, 0.05) is 32.7 Å². The van der Waals surface area contributed by atoms with Gasteiger partial charge in [-0.25, -0.2) is 8.42 Å². The molecule has 0 saturated carbocycles. The van der Waals surface area contributed by atoms with Crippen LogP contribution in [0, 0.1) is 0 Å². The molecule has 0 bridgehead atoms. The predicted octanol–water partition coefficient (Wildman–Crippen LogP) is 6.96. The van der Waals surface area contributed by atoms with Gasteiger partial charge >= 0.3 is 0 Å². The Morgan fingerprint density at radius 2 is 1.49 bits per heavy atom. The number of rotatable bonds is 12. The molecular formula is C31H36Cl3N3O5S. The molecule has 0 saturated heterocycles. The Labute approximate surface area is 268 Å². The van der Waals surface area contributed by atoms with Crippen LogP contribution >= 0.6 is 34.8 Å². The highest BCUT2D eigenvalue weighted by molar-refractivity contribution is 7.92. The van der Waals surface area contributed by atoms with Crippen LogP contribution in [0.1, 0.15) is 46.6 Å². The van der Waals surface area contributed by atoms with Gasteiger partial charge in [-0.3, -0.25) is 13.9 Å². The van der Waals surface area contributed by atoms with Gasteiger partial charge in [0.15, 0.2) is 0 Å². The number of halogens is 3. The topological polar surface area (TPSA) is 96.0 Å². The van der Waals surface area contributed by atoms with Crippen LogP contribution in [0.25, 0.3) is 0 Å². The molecule has 3 aromatic carbocycles. The highest BCUT2D eigenvalue weighted by atomic mass is 35.5. The van der Waals surface area contributed by atoms with E-state index >= 15 is 0 Å². The number of ether oxygens (including phenoxy) is 1. The van der Waals surface area contributed by atoms with Gasteiger partial charge in [0.2, 0.25) is 11.8 Å². The normalized spacial score (nSPS) is 12.4. The first-order chi connectivity index (χ1) is 20.2. The molecule has 0 aliphatic heterocycles. The molecule has 232 valence electrons. The number of carbonyl (C=O) groups excluding carboxylic acids is 2. The maximum atomic E-state index is 14.2. The Bertz CT molecular complexity index is 1510. The van der Waals surface area contributed by atoms with Crippen LogP contribution in [0.3, 0.4) is 0 Å².